The maximum absolute atomic E-state index is 11.9. The van der Waals surface area contributed by atoms with Crippen LogP contribution in [0.4, 0.5) is 11.4 Å². The van der Waals surface area contributed by atoms with E-state index in [9.17, 15) is 13.2 Å². The monoisotopic (exact) mass is 311 g/mol. The summed E-state index contributed by atoms with van der Waals surface area (Å²) in [6.45, 7) is 2.92. The van der Waals surface area contributed by atoms with Crippen molar-refractivity contribution in [2.24, 2.45) is 0 Å². The van der Waals surface area contributed by atoms with E-state index < -0.39 is 9.84 Å². The number of benzene rings is 1. The van der Waals surface area contributed by atoms with Gasteiger partial charge < -0.3 is 11.1 Å². The van der Waals surface area contributed by atoms with Gasteiger partial charge in [-0.1, -0.05) is 12.1 Å². The van der Waals surface area contributed by atoms with E-state index in [0.717, 1.165) is 0 Å². The van der Waals surface area contributed by atoms with Gasteiger partial charge in [0, 0.05) is 25.6 Å². The van der Waals surface area contributed by atoms with Gasteiger partial charge in [0.1, 0.15) is 0 Å². The van der Waals surface area contributed by atoms with Gasteiger partial charge in [-0.05, 0) is 19.1 Å². The van der Waals surface area contributed by atoms with Crippen LogP contribution in [0, 0.1) is 0 Å². The molecule has 1 amide bonds. The third-order valence-electron chi connectivity index (χ3n) is 3.67. The molecule has 1 saturated heterocycles. The Hall–Kier alpha value is -1.60. The molecule has 1 atom stereocenters. The quantitative estimate of drug-likeness (QED) is 0.799. The first-order valence-electron chi connectivity index (χ1n) is 6.96. The van der Waals surface area contributed by atoms with Crippen molar-refractivity contribution in [2.75, 3.05) is 35.6 Å². The number of carbonyl (C=O) groups is 1. The van der Waals surface area contributed by atoms with E-state index in [-0.39, 0.29) is 23.5 Å². The number of nitrogen functional groups attached to an aromatic ring is 1. The Morgan fingerprint density at radius 1 is 1.43 bits per heavy atom. The first-order chi connectivity index (χ1) is 9.87. The smallest absolute Gasteiger partial charge is 0.225 e. The molecule has 1 fully saturated rings. The highest BCUT2D eigenvalue weighted by atomic mass is 32.2. The fourth-order valence-corrected chi connectivity index (χ4v) is 4.06. The minimum absolute atomic E-state index is 0.0432. The van der Waals surface area contributed by atoms with E-state index in [2.05, 4.69) is 5.32 Å². The molecule has 1 unspecified atom stereocenters. The lowest BCUT2D eigenvalue weighted by molar-refractivity contribution is -0.116. The van der Waals surface area contributed by atoms with E-state index in [1.807, 2.05) is 17.9 Å². The number of amides is 1. The van der Waals surface area contributed by atoms with Crippen molar-refractivity contribution in [2.45, 2.75) is 19.4 Å². The zero-order valence-corrected chi connectivity index (χ0v) is 12.9. The molecule has 1 aliphatic heterocycles. The maximum atomic E-state index is 11.9. The molecule has 1 aliphatic rings. The van der Waals surface area contributed by atoms with Crippen LogP contribution >= 0.6 is 0 Å². The molecule has 0 aliphatic carbocycles. The van der Waals surface area contributed by atoms with Gasteiger partial charge in [0.2, 0.25) is 5.91 Å². The highest BCUT2D eigenvalue weighted by Gasteiger charge is 2.27. The van der Waals surface area contributed by atoms with Crippen molar-refractivity contribution < 1.29 is 13.2 Å². The molecule has 0 bridgehead atoms. The summed E-state index contributed by atoms with van der Waals surface area (Å²) in [5.41, 5.74) is 6.91. The Morgan fingerprint density at radius 2 is 2.14 bits per heavy atom. The van der Waals surface area contributed by atoms with Gasteiger partial charge >= 0.3 is 0 Å². The average Bonchev–Trinajstić information content (AvgIpc) is 2.39. The Kier molecular flexibility index (Phi) is 4.84. The van der Waals surface area contributed by atoms with Gasteiger partial charge in [0.05, 0.1) is 22.9 Å². The average molecular weight is 311 g/mol. The second-order valence-electron chi connectivity index (χ2n) is 5.38. The lowest BCUT2D eigenvalue weighted by atomic mass is 10.2. The Morgan fingerprint density at radius 3 is 2.81 bits per heavy atom. The number of anilines is 2. The molecule has 1 aromatic carbocycles. The SMILES string of the molecule is CC1CS(=O)(=O)CCN1CCC(=O)Nc1ccccc1N. The fourth-order valence-electron chi connectivity index (χ4n) is 2.43. The molecule has 116 valence electrons. The number of hydrogen-bond donors (Lipinski definition) is 2. The second-order valence-corrected chi connectivity index (χ2v) is 7.61. The summed E-state index contributed by atoms with van der Waals surface area (Å²) in [5, 5.41) is 2.77. The Labute approximate surface area is 125 Å². The van der Waals surface area contributed by atoms with Crippen molar-refractivity contribution in [3.05, 3.63) is 24.3 Å². The molecule has 2 rings (SSSR count). The second kappa shape index (κ2) is 6.44. The fraction of sp³-hybridized carbons (Fsp3) is 0.500. The summed E-state index contributed by atoms with van der Waals surface area (Å²) < 4.78 is 23.0. The van der Waals surface area contributed by atoms with Crippen LogP contribution in [-0.4, -0.2) is 49.9 Å². The predicted octanol–water partition coefficient (Wildman–Crippen LogP) is 0.716. The molecule has 0 radical (unpaired) electrons. The molecule has 0 spiro atoms. The van der Waals surface area contributed by atoms with E-state index in [0.29, 0.717) is 30.9 Å². The van der Waals surface area contributed by atoms with Crippen LogP contribution in [0.25, 0.3) is 0 Å². The Balaban J connectivity index is 1.83. The lowest BCUT2D eigenvalue weighted by Gasteiger charge is -2.32. The largest absolute Gasteiger partial charge is 0.397 e. The molecule has 6 nitrogen and oxygen atoms in total. The molecular formula is C14H21N3O3S. The summed E-state index contributed by atoms with van der Waals surface area (Å²) in [7, 11) is -2.92. The van der Waals surface area contributed by atoms with Gasteiger partial charge in [-0.2, -0.15) is 0 Å². The van der Waals surface area contributed by atoms with Crippen LogP contribution in [0.2, 0.25) is 0 Å². The number of para-hydroxylation sites is 2. The zero-order valence-electron chi connectivity index (χ0n) is 12.1. The van der Waals surface area contributed by atoms with Crippen LogP contribution in [-0.2, 0) is 14.6 Å². The summed E-state index contributed by atoms with van der Waals surface area (Å²) in [6.07, 6.45) is 0.318. The third kappa shape index (κ3) is 4.44. The molecule has 3 N–H and O–H groups in total. The number of nitrogens with zero attached hydrogens (tertiary/aromatic N) is 1. The maximum Gasteiger partial charge on any atom is 0.225 e. The molecule has 1 aromatic rings. The number of nitrogens with one attached hydrogen (secondary N) is 1. The van der Waals surface area contributed by atoms with Gasteiger partial charge in [0.25, 0.3) is 0 Å². The minimum atomic E-state index is -2.92. The highest BCUT2D eigenvalue weighted by Crippen LogP contribution is 2.17. The minimum Gasteiger partial charge on any atom is -0.397 e. The standard InChI is InChI=1S/C14H21N3O3S/c1-11-10-21(19,20)9-8-17(11)7-6-14(18)16-13-5-3-2-4-12(13)15/h2-5,11H,6-10,15H2,1H3,(H,16,18). The van der Waals surface area contributed by atoms with Gasteiger partial charge in [-0.15, -0.1) is 0 Å². The van der Waals surface area contributed by atoms with E-state index in [1.165, 1.54) is 0 Å². The van der Waals surface area contributed by atoms with Crippen LogP contribution in [0.3, 0.4) is 0 Å². The van der Waals surface area contributed by atoms with Crippen molar-refractivity contribution in [3.8, 4) is 0 Å². The first kappa shape index (κ1) is 15.8. The van der Waals surface area contributed by atoms with E-state index in [4.69, 9.17) is 5.73 Å². The third-order valence-corrected chi connectivity index (χ3v) is 5.46. The van der Waals surface area contributed by atoms with Crippen molar-refractivity contribution in [1.29, 1.82) is 0 Å². The number of hydrogen-bond acceptors (Lipinski definition) is 5. The summed E-state index contributed by atoms with van der Waals surface area (Å²) in [5.74, 6) is 0.221. The number of carbonyl (C=O) groups excluding carboxylic acids is 1. The predicted molar refractivity (Wildman–Crippen MR) is 83.8 cm³/mol. The van der Waals surface area contributed by atoms with Crippen molar-refractivity contribution in [1.82, 2.24) is 4.90 Å². The molecule has 21 heavy (non-hydrogen) atoms. The van der Waals surface area contributed by atoms with Crippen LogP contribution in [0.15, 0.2) is 24.3 Å². The Bertz CT molecular complexity index is 616. The van der Waals surface area contributed by atoms with Gasteiger partial charge in [-0.25, -0.2) is 8.42 Å². The lowest BCUT2D eigenvalue weighted by Crippen LogP contribution is -2.47. The van der Waals surface area contributed by atoms with Crippen LogP contribution in [0.1, 0.15) is 13.3 Å². The highest BCUT2D eigenvalue weighted by molar-refractivity contribution is 7.91. The molecular weight excluding hydrogens is 290 g/mol. The summed E-state index contributed by atoms with van der Waals surface area (Å²) >= 11 is 0. The van der Waals surface area contributed by atoms with E-state index in [1.54, 1.807) is 18.2 Å². The normalized spacial score (nSPS) is 21.9. The van der Waals surface area contributed by atoms with Crippen molar-refractivity contribution >= 4 is 27.1 Å². The van der Waals surface area contributed by atoms with Gasteiger partial charge in [-0.3, -0.25) is 9.69 Å². The molecule has 1 heterocycles. The number of rotatable bonds is 4. The first-order valence-corrected chi connectivity index (χ1v) is 8.78. The molecule has 0 aromatic heterocycles. The summed E-state index contributed by atoms with van der Waals surface area (Å²) in [6, 6.07) is 7.05. The number of nitrogens with two attached hydrogens (primary N) is 1. The van der Waals surface area contributed by atoms with Crippen LogP contribution in [0.5, 0.6) is 0 Å². The van der Waals surface area contributed by atoms with Crippen LogP contribution < -0.4 is 11.1 Å². The van der Waals surface area contributed by atoms with Crippen molar-refractivity contribution in [3.63, 3.8) is 0 Å². The topological polar surface area (TPSA) is 92.5 Å². The van der Waals surface area contributed by atoms with Gasteiger partial charge in [0.15, 0.2) is 9.84 Å². The zero-order chi connectivity index (χ0) is 15.5. The molecule has 7 heteroatoms. The number of sulfone groups is 1. The molecule has 0 saturated carbocycles. The van der Waals surface area contributed by atoms with E-state index >= 15 is 0 Å². The summed E-state index contributed by atoms with van der Waals surface area (Å²) in [4.78, 5) is 14.0.